The Morgan fingerprint density at radius 2 is 1.06 bits per heavy atom. The van der Waals surface area contributed by atoms with Crippen molar-refractivity contribution in [3.63, 3.8) is 0 Å². The molecular formula is C37H54O14. The summed E-state index contributed by atoms with van der Waals surface area (Å²) in [5, 5.41) is 42.1. The number of phenolic OH excluding ortho intramolecular Hbond substituents is 4. The van der Waals surface area contributed by atoms with Crippen LogP contribution in [0.5, 0.6) is 34.5 Å². The van der Waals surface area contributed by atoms with Crippen LogP contribution in [-0.2, 0) is 28.4 Å². The van der Waals surface area contributed by atoms with Crippen molar-refractivity contribution >= 4 is 11.9 Å². The van der Waals surface area contributed by atoms with Crippen molar-refractivity contribution in [2.75, 3.05) is 40.1 Å². The zero-order valence-electron chi connectivity index (χ0n) is 30.3. The minimum absolute atomic E-state index is 0.149. The average molecular weight is 723 g/mol. The molecule has 286 valence electrons. The lowest BCUT2D eigenvalue weighted by Gasteiger charge is -2.45. The van der Waals surface area contributed by atoms with E-state index in [1.54, 1.807) is 0 Å². The summed E-state index contributed by atoms with van der Waals surface area (Å²) in [5.41, 5.74) is -0.343. The van der Waals surface area contributed by atoms with Crippen LogP contribution in [0, 0.1) is 0 Å². The fourth-order valence-electron chi connectivity index (χ4n) is 5.24. The zero-order valence-corrected chi connectivity index (χ0v) is 30.3. The van der Waals surface area contributed by atoms with E-state index < -0.39 is 72.2 Å². The lowest BCUT2D eigenvalue weighted by Crippen LogP contribution is -2.62. The highest BCUT2D eigenvalue weighted by molar-refractivity contribution is 5.92. The Bertz CT molecular complexity index is 1340. The molecule has 0 amide bonds. The van der Waals surface area contributed by atoms with E-state index in [0.29, 0.717) is 25.9 Å². The lowest BCUT2D eigenvalue weighted by molar-refractivity contribution is -0.309. The second-order valence-corrected chi connectivity index (χ2v) is 12.2. The van der Waals surface area contributed by atoms with Crippen LogP contribution in [-0.4, -0.2) is 103 Å². The van der Waals surface area contributed by atoms with Gasteiger partial charge >= 0.3 is 11.9 Å². The maximum absolute atomic E-state index is 13.6. The molecule has 14 heteroatoms. The van der Waals surface area contributed by atoms with Gasteiger partial charge in [-0.15, -0.1) is 0 Å². The first-order chi connectivity index (χ1) is 24.6. The molecule has 1 saturated heterocycles. The highest BCUT2D eigenvalue weighted by Crippen LogP contribution is 2.39. The van der Waals surface area contributed by atoms with Crippen molar-refractivity contribution in [2.24, 2.45) is 0 Å². The van der Waals surface area contributed by atoms with E-state index >= 15 is 0 Å². The number of hydrogen-bond donors (Lipinski definition) is 4. The number of carbonyl (C=O) groups is 2. The Balaban J connectivity index is 1.92. The third-order valence-electron chi connectivity index (χ3n) is 8.12. The summed E-state index contributed by atoms with van der Waals surface area (Å²) in [7, 11) is 1.42. The SMILES string of the molecule is CCCCOc1c(O)cc(C(=O)OCC2O[C@@H](OC)C(OCCCC)[C@@H](OCCCC)[C@@H]2OC(=O)c2cc(O)c(OCCCC)c(O)c2)cc1O. The highest BCUT2D eigenvalue weighted by Gasteiger charge is 2.50. The van der Waals surface area contributed by atoms with Gasteiger partial charge in [0.25, 0.3) is 0 Å². The molecule has 2 aromatic rings. The molecule has 0 aliphatic carbocycles. The minimum atomic E-state index is -1.24. The molecule has 0 saturated carbocycles. The molecule has 1 aliphatic rings. The minimum Gasteiger partial charge on any atom is -0.504 e. The Kier molecular flexibility index (Phi) is 17.4. The van der Waals surface area contributed by atoms with Gasteiger partial charge in [0.15, 0.2) is 35.4 Å². The molecule has 0 spiro atoms. The van der Waals surface area contributed by atoms with Crippen LogP contribution in [0.1, 0.15) is 99.8 Å². The number of unbranched alkanes of at least 4 members (excludes halogenated alkanes) is 4. The van der Waals surface area contributed by atoms with E-state index in [9.17, 15) is 30.0 Å². The molecule has 4 N–H and O–H groups in total. The topological polar surface area (TPSA) is 189 Å². The molecule has 1 aliphatic heterocycles. The maximum atomic E-state index is 13.6. The molecule has 0 bridgehead atoms. The quantitative estimate of drug-likeness (QED) is 0.0819. The van der Waals surface area contributed by atoms with E-state index in [4.69, 9.17) is 37.9 Å². The van der Waals surface area contributed by atoms with Crippen LogP contribution < -0.4 is 9.47 Å². The van der Waals surface area contributed by atoms with Gasteiger partial charge in [-0.1, -0.05) is 53.4 Å². The summed E-state index contributed by atoms with van der Waals surface area (Å²) in [6, 6.07) is 4.47. The zero-order chi connectivity index (χ0) is 37.3. The Morgan fingerprint density at radius 1 is 0.627 bits per heavy atom. The van der Waals surface area contributed by atoms with Gasteiger partial charge in [0, 0.05) is 20.3 Å². The standard InChI is InChI=1S/C37H54O14/c1-6-10-14-45-30-25(38)18-23(19-26(30)39)35(42)49-22-29-32(33(47-16-12-8-3)34(37(44-5)50-29)48-17-13-9-4)51-36(43)24-20-27(40)31(28(41)21-24)46-15-11-7-2/h18-21,29,32-34,37-41H,6-17,22H2,1-5H3/t29?,32-,33+,34?,37-/m1/s1. The number of rotatable bonds is 22. The summed E-state index contributed by atoms with van der Waals surface area (Å²) >= 11 is 0. The van der Waals surface area contributed by atoms with E-state index in [1.165, 1.54) is 7.11 Å². The molecule has 5 atom stereocenters. The Morgan fingerprint density at radius 3 is 1.51 bits per heavy atom. The lowest BCUT2D eigenvalue weighted by atomic mass is 9.97. The molecule has 2 aromatic carbocycles. The van der Waals surface area contributed by atoms with Gasteiger partial charge in [0.2, 0.25) is 11.5 Å². The number of esters is 2. The summed E-state index contributed by atoms with van der Waals surface area (Å²) in [5.74, 6) is -3.94. The molecule has 0 aromatic heterocycles. The van der Waals surface area contributed by atoms with Crippen LogP contribution >= 0.6 is 0 Å². The number of benzene rings is 2. The van der Waals surface area contributed by atoms with Gasteiger partial charge in [0.05, 0.1) is 24.3 Å². The van der Waals surface area contributed by atoms with Crippen molar-refractivity contribution < 1.29 is 67.9 Å². The van der Waals surface area contributed by atoms with Crippen LogP contribution in [0.15, 0.2) is 24.3 Å². The van der Waals surface area contributed by atoms with E-state index in [1.807, 2.05) is 27.7 Å². The van der Waals surface area contributed by atoms with Crippen molar-refractivity contribution in [2.45, 2.75) is 110 Å². The molecule has 1 fully saturated rings. The van der Waals surface area contributed by atoms with Gasteiger partial charge in [-0.2, -0.15) is 0 Å². The summed E-state index contributed by atoms with van der Waals surface area (Å²) in [6.07, 6.45) is 0.960. The summed E-state index contributed by atoms with van der Waals surface area (Å²) < 4.78 is 46.7. The molecule has 1 heterocycles. The van der Waals surface area contributed by atoms with Gasteiger partial charge in [-0.05, 0) is 49.9 Å². The normalized spacial score (nSPS) is 20.1. The smallest absolute Gasteiger partial charge is 0.338 e. The highest BCUT2D eigenvalue weighted by atomic mass is 16.7. The van der Waals surface area contributed by atoms with Crippen LogP contribution in [0.3, 0.4) is 0 Å². The second-order valence-electron chi connectivity index (χ2n) is 12.2. The number of ether oxygens (including phenoxy) is 8. The molecule has 3 rings (SSSR count). The first-order valence-corrected chi connectivity index (χ1v) is 17.8. The fraction of sp³-hybridized carbons (Fsp3) is 0.622. The van der Waals surface area contributed by atoms with E-state index in [2.05, 4.69) is 0 Å². The number of hydrogen-bond acceptors (Lipinski definition) is 14. The first kappa shape index (κ1) is 41.4. The van der Waals surface area contributed by atoms with Crippen molar-refractivity contribution in [3.05, 3.63) is 35.4 Å². The van der Waals surface area contributed by atoms with Crippen LogP contribution in [0.25, 0.3) is 0 Å². The summed E-state index contributed by atoms with van der Waals surface area (Å²) in [4.78, 5) is 26.8. The van der Waals surface area contributed by atoms with Gasteiger partial charge in [0.1, 0.15) is 24.9 Å². The Hall–Kier alpha value is -3.98. The monoisotopic (exact) mass is 722 g/mol. The predicted octanol–water partition coefficient (Wildman–Crippen LogP) is 5.99. The molecular weight excluding hydrogens is 668 g/mol. The third kappa shape index (κ3) is 11.8. The fourth-order valence-corrected chi connectivity index (χ4v) is 5.24. The van der Waals surface area contributed by atoms with Crippen molar-refractivity contribution in [1.82, 2.24) is 0 Å². The summed E-state index contributed by atoms with van der Waals surface area (Å²) in [6.45, 7) is 8.61. The number of phenols is 4. The first-order valence-electron chi connectivity index (χ1n) is 17.8. The molecule has 0 radical (unpaired) electrons. The molecule has 2 unspecified atom stereocenters. The third-order valence-corrected chi connectivity index (χ3v) is 8.12. The van der Waals surface area contributed by atoms with Gasteiger partial charge in [-0.3, -0.25) is 0 Å². The molecule has 14 nitrogen and oxygen atoms in total. The van der Waals surface area contributed by atoms with E-state index in [-0.39, 0.29) is 42.4 Å². The second kappa shape index (κ2) is 21.4. The van der Waals surface area contributed by atoms with E-state index in [0.717, 1.165) is 56.4 Å². The van der Waals surface area contributed by atoms with Crippen LogP contribution in [0.4, 0.5) is 0 Å². The van der Waals surface area contributed by atoms with Crippen LogP contribution in [0.2, 0.25) is 0 Å². The Labute approximate surface area is 299 Å². The number of carbonyl (C=O) groups excluding carboxylic acids is 2. The van der Waals surface area contributed by atoms with Gasteiger partial charge in [-0.25, -0.2) is 9.59 Å². The number of methoxy groups -OCH3 is 1. The van der Waals surface area contributed by atoms with Gasteiger partial charge < -0.3 is 58.3 Å². The number of aromatic hydroxyl groups is 4. The predicted molar refractivity (Wildman–Crippen MR) is 185 cm³/mol. The largest absolute Gasteiger partial charge is 0.504 e. The maximum Gasteiger partial charge on any atom is 0.338 e. The molecule has 51 heavy (non-hydrogen) atoms. The average Bonchev–Trinajstić information content (AvgIpc) is 3.10. The van der Waals surface area contributed by atoms with Crippen molar-refractivity contribution in [1.29, 1.82) is 0 Å². The van der Waals surface area contributed by atoms with Crippen molar-refractivity contribution in [3.8, 4) is 34.5 Å².